The Labute approximate surface area is 102 Å². The monoisotopic (exact) mass is 258 g/mol. The van der Waals surface area contributed by atoms with Gasteiger partial charge in [-0.2, -0.15) is 0 Å². The van der Waals surface area contributed by atoms with E-state index < -0.39 is 37.1 Å². The third-order valence-corrected chi connectivity index (χ3v) is 2.70. The van der Waals surface area contributed by atoms with Crippen LogP contribution >= 0.6 is 0 Å². The number of rotatable bonds is 3. The number of aromatic nitrogens is 2. The molecule has 1 fully saturated rings. The van der Waals surface area contributed by atoms with E-state index in [2.05, 4.69) is 15.3 Å². The second-order valence-corrected chi connectivity index (χ2v) is 3.90. The van der Waals surface area contributed by atoms with Crippen molar-refractivity contribution in [2.75, 3.05) is 12.3 Å². The molecule has 4 atom stereocenters. The Morgan fingerprint density at radius 2 is 2.28 bits per heavy atom. The van der Waals surface area contributed by atoms with Crippen LogP contribution in [0.5, 0.6) is 0 Å². The van der Waals surface area contributed by atoms with Gasteiger partial charge in [0.15, 0.2) is 11.9 Å². The molecule has 0 spiro atoms. The number of hydrogen-bond acceptors (Lipinski definition) is 7. The largest absolute Gasteiger partial charge is 0.394 e. The van der Waals surface area contributed by atoms with Gasteiger partial charge < -0.3 is 36.1 Å². The lowest BCUT2D eigenvalue weighted by atomic mass is 10.1. The molecule has 1 aliphatic rings. The van der Waals surface area contributed by atoms with Crippen LogP contribution in [0.25, 0.3) is 0 Å². The van der Waals surface area contributed by atoms with Gasteiger partial charge >= 0.3 is 0 Å². The average molecular weight is 258 g/mol. The number of ether oxygens (including phenoxy) is 1. The molecule has 0 aromatic carbocycles. The molecule has 0 saturated carbocycles. The minimum absolute atomic E-state index is 0.0345. The molecule has 1 unspecified atom stereocenters. The van der Waals surface area contributed by atoms with Gasteiger partial charge in [-0.3, -0.25) is 4.79 Å². The Kier molecular flexibility index (Phi) is 3.48. The number of nitrogens with two attached hydrogens (primary N) is 1. The van der Waals surface area contributed by atoms with Crippen molar-refractivity contribution in [3.63, 3.8) is 0 Å². The second kappa shape index (κ2) is 4.90. The van der Waals surface area contributed by atoms with Crippen LogP contribution in [0.3, 0.4) is 0 Å². The summed E-state index contributed by atoms with van der Waals surface area (Å²) in [6.45, 7) is -0.463. The van der Waals surface area contributed by atoms with Crippen LogP contribution in [0.15, 0.2) is 6.33 Å². The van der Waals surface area contributed by atoms with Crippen LogP contribution in [0.4, 0.5) is 5.82 Å². The zero-order valence-electron chi connectivity index (χ0n) is 9.28. The number of hydrogen-bond donors (Lipinski definition) is 6. The molecule has 100 valence electrons. The van der Waals surface area contributed by atoms with Gasteiger partial charge in [-0.05, 0) is 0 Å². The van der Waals surface area contributed by atoms with Gasteiger partial charge in [0.25, 0.3) is 5.91 Å². The first-order valence-electron chi connectivity index (χ1n) is 5.26. The van der Waals surface area contributed by atoms with Crippen LogP contribution in [0, 0.1) is 0 Å². The molecule has 1 aromatic heterocycles. The van der Waals surface area contributed by atoms with E-state index in [1.807, 2.05) is 0 Å². The SMILES string of the molecule is Nc1[nH]cnc1C(=O)N[C@@H]1O[C@H](CO)C(O)[C@@H]1O. The van der Waals surface area contributed by atoms with Crippen LogP contribution < -0.4 is 11.1 Å². The maximum Gasteiger partial charge on any atom is 0.275 e. The predicted octanol–water partition coefficient (Wildman–Crippen LogP) is -2.84. The first-order chi connectivity index (χ1) is 8.54. The lowest BCUT2D eigenvalue weighted by Crippen LogP contribution is -2.44. The minimum atomic E-state index is -1.33. The van der Waals surface area contributed by atoms with Crippen molar-refractivity contribution in [3.8, 4) is 0 Å². The topological polar surface area (TPSA) is 154 Å². The van der Waals surface area contributed by atoms with E-state index in [1.165, 1.54) is 6.33 Å². The van der Waals surface area contributed by atoms with E-state index in [1.54, 1.807) is 0 Å². The maximum absolute atomic E-state index is 11.7. The molecule has 2 rings (SSSR count). The van der Waals surface area contributed by atoms with Crippen LogP contribution in [-0.2, 0) is 4.74 Å². The van der Waals surface area contributed by atoms with Crippen molar-refractivity contribution in [1.29, 1.82) is 0 Å². The highest BCUT2D eigenvalue weighted by Gasteiger charge is 2.43. The molecule has 0 aliphatic carbocycles. The molecular formula is C9H14N4O5. The van der Waals surface area contributed by atoms with Crippen LogP contribution in [0.2, 0.25) is 0 Å². The average Bonchev–Trinajstić information content (AvgIpc) is 2.88. The molecule has 7 N–H and O–H groups in total. The maximum atomic E-state index is 11.7. The number of amides is 1. The third-order valence-electron chi connectivity index (χ3n) is 2.70. The normalized spacial score (nSPS) is 31.5. The third kappa shape index (κ3) is 2.16. The first-order valence-corrected chi connectivity index (χ1v) is 5.26. The number of anilines is 1. The second-order valence-electron chi connectivity index (χ2n) is 3.90. The fraction of sp³-hybridized carbons (Fsp3) is 0.556. The van der Waals surface area contributed by atoms with Gasteiger partial charge in [0.1, 0.15) is 24.1 Å². The van der Waals surface area contributed by atoms with E-state index in [9.17, 15) is 15.0 Å². The van der Waals surface area contributed by atoms with Crippen molar-refractivity contribution >= 4 is 11.7 Å². The number of nitrogens with one attached hydrogen (secondary N) is 2. The summed E-state index contributed by atoms with van der Waals surface area (Å²) in [6, 6.07) is 0. The fourth-order valence-corrected chi connectivity index (χ4v) is 1.70. The molecule has 9 nitrogen and oxygen atoms in total. The van der Waals surface area contributed by atoms with Crippen molar-refractivity contribution < 1.29 is 24.9 Å². The van der Waals surface area contributed by atoms with Crippen molar-refractivity contribution in [2.45, 2.75) is 24.5 Å². The number of aliphatic hydroxyl groups excluding tert-OH is 3. The highest BCUT2D eigenvalue weighted by Crippen LogP contribution is 2.19. The Balaban J connectivity index is 2.03. The van der Waals surface area contributed by atoms with E-state index in [0.717, 1.165) is 0 Å². The molecule has 0 radical (unpaired) electrons. The summed E-state index contributed by atoms with van der Waals surface area (Å²) >= 11 is 0. The Bertz CT molecular complexity index is 436. The number of carbonyl (C=O) groups excluding carboxylic acids is 1. The van der Waals surface area contributed by atoms with Crippen molar-refractivity contribution in [1.82, 2.24) is 15.3 Å². The van der Waals surface area contributed by atoms with Crippen molar-refractivity contribution in [3.05, 3.63) is 12.0 Å². The van der Waals surface area contributed by atoms with E-state index in [-0.39, 0.29) is 11.5 Å². The molecular weight excluding hydrogens is 244 g/mol. The molecule has 9 heteroatoms. The summed E-state index contributed by atoms with van der Waals surface area (Å²) in [6.07, 6.45) is -3.41. The van der Waals surface area contributed by atoms with Gasteiger partial charge in [-0.1, -0.05) is 0 Å². The lowest BCUT2D eigenvalue weighted by molar-refractivity contribution is -0.0304. The van der Waals surface area contributed by atoms with Gasteiger partial charge in [0, 0.05) is 0 Å². The summed E-state index contributed by atoms with van der Waals surface area (Å²) in [7, 11) is 0. The van der Waals surface area contributed by atoms with Gasteiger partial charge in [-0.25, -0.2) is 4.98 Å². The highest BCUT2D eigenvalue weighted by molar-refractivity contribution is 5.96. The molecule has 0 bridgehead atoms. The Hall–Kier alpha value is -1.68. The van der Waals surface area contributed by atoms with Crippen molar-refractivity contribution in [2.24, 2.45) is 0 Å². The van der Waals surface area contributed by atoms with Crippen LogP contribution in [0.1, 0.15) is 10.5 Å². The summed E-state index contributed by atoms with van der Waals surface area (Å²) in [4.78, 5) is 17.9. The predicted molar refractivity (Wildman–Crippen MR) is 58.2 cm³/mol. The number of H-pyrrole nitrogens is 1. The number of imidazole rings is 1. The number of nitrogens with zero attached hydrogens (tertiary/aromatic N) is 1. The summed E-state index contributed by atoms with van der Waals surface area (Å²) in [5.74, 6) is -0.567. The number of aromatic amines is 1. The summed E-state index contributed by atoms with van der Waals surface area (Å²) in [5.41, 5.74) is 5.43. The zero-order chi connectivity index (χ0) is 13.3. The zero-order valence-corrected chi connectivity index (χ0v) is 9.28. The Morgan fingerprint density at radius 1 is 1.56 bits per heavy atom. The molecule has 1 aliphatic heterocycles. The standard InChI is InChI=1S/C9H14N4O5/c10-7-4(11-2-12-7)8(17)13-9-6(16)5(15)3(1-14)18-9/h2-3,5-6,9,14-16H,1,10H2,(H,11,12)(H,13,17)/t3-,5?,6+,9-/m1/s1. The Morgan fingerprint density at radius 3 is 2.78 bits per heavy atom. The van der Waals surface area contributed by atoms with E-state index >= 15 is 0 Å². The van der Waals surface area contributed by atoms with Gasteiger partial charge in [0.2, 0.25) is 0 Å². The van der Waals surface area contributed by atoms with E-state index in [0.29, 0.717) is 0 Å². The van der Waals surface area contributed by atoms with Crippen LogP contribution in [-0.4, -0.2) is 62.3 Å². The smallest absolute Gasteiger partial charge is 0.275 e. The summed E-state index contributed by atoms with van der Waals surface area (Å²) < 4.78 is 5.08. The number of aliphatic hydroxyl groups is 3. The molecule has 1 amide bonds. The molecule has 1 saturated heterocycles. The van der Waals surface area contributed by atoms with Gasteiger partial charge in [-0.15, -0.1) is 0 Å². The number of nitrogen functional groups attached to an aromatic ring is 1. The molecule has 2 heterocycles. The highest BCUT2D eigenvalue weighted by atomic mass is 16.6. The molecule has 1 aromatic rings. The quantitative estimate of drug-likeness (QED) is 0.341. The first kappa shape index (κ1) is 12.8. The molecule has 18 heavy (non-hydrogen) atoms. The van der Waals surface area contributed by atoms with Gasteiger partial charge in [0.05, 0.1) is 12.9 Å². The fourth-order valence-electron chi connectivity index (χ4n) is 1.70. The summed E-state index contributed by atoms with van der Waals surface area (Å²) in [5, 5.41) is 30.3. The minimum Gasteiger partial charge on any atom is -0.394 e. The lowest BCUT2D eigenvalue weighted by Gasteiger charge is -2.15. The van der Waals surface area contributed by atoms with E-state index in [4.69, 9.17) is 15.6 Å². The number of carbonyl (C=O) groups is 1.